The molecule has 0 aliphatic rings. The molecule has 0 saturated carbocycles. The average molecular weight is 273 g/mol. The monoisotopic (exact) mass is 272 g/mol. The Morgan fingerprint density at radius 1 is 1.47 bits per heavy atom. The Balaban J connectivity index is 2.61. The lowest BCUT2D eigenvalue weighted by Crippen LogP contribution is -1.93. The molecule has 90 valence electrons. The molecule has 0 bridgehead atoms. The fraction of sp³-hybridized carbons (Fsp3) is 0.182. The Hall–Kier alpha value is -1.20. The number of imidazole rings is 1. The molecule has 0 unspecified atom stereocenters. The second-order valence-electron chi connectivity index (χ2n) is 3.45. The molecule has 0 radical (unpaired) electrons. The lowest BCUT2D eigenvalue weighted by atomic mass is 10.2. The van der Waals surface area contributed by atoms with Gasteiger partial charge in [0.1, 0.15) is 5.75 Å². The van der Waals surface area contributed by atoms with E-state index in [0.29, 0.717) is 22.2 Å². The highest BCUT2D eigenvalue weighted by Crippen LogP contribution is 2.33. The summed E-state index contributed by atoms with van der Waals surface area (Å²) in [6.07, 6.45) is 1.61. The minimum absolute atomic E-state index is 0.0917. The maximum absolute atomic E-state index is 12.8. The summed E-state index contributed by atoms with van der Waals surface area (Å²) in [5.41, 5.74) is 1.39. The second-order valence-corrected chi connectivity index (χ2v) is 4.41. The molecule has 6 heteroatoms. The van der Waals surface area contributed by atoms with Crippen LogP contribution in [0, 0.1) is 6.92 Å². The van der Waals surface area contributed by atoms with Gasteiger partial charge in [-0.25, -0.2) is 8.96 Å². The van der Waals surface area contributed by atoms with Crippen molar-refractivity contribution in [2.75, 3.05) is 7.11 Å². The van der Waals surface area contributed by atoms with Crippen LogP contribution < -0.4 is 4.74 Å². The van der Waals surface area contributed by atoms with Crippen LogP contribution in [0.3, 0.4) is 0 Å². The molecule has 0 spiro atoms. The molecular weight excluding hydrogens is 263 g/mol. The van der Waals surface area contributed by atoms with Crippen molar-refractivity contribution in [2.45, 2.75) is 6.92 Å². The molecule has 0 atom stereocenters. The van der Waals surface area contributed by atoms with Gasteiger partial charge in [-0.2, -0.15) is 0 Å². The molecule has 0 saturated heterocycles. The highest BCUT2D eigenvalue weighted by Gasteiger charge is 2.14. The molecule has 0 aliphatic carbocycles. The van der Waals surface area contributed by atoms with Crippen molar-refractivity contribution in [3.63, 3.8) is 0 Å². The van der Waals surface area contributed by atoms with Crippen molar-refractivity contribution in [1.29, 1.82) is 0 Å². The second kappa shape index (κ2) is 4.98. The predicted octanol–water partition coefficient (Wildman–Crippen LogP) is 3.90. The van der Waals surface area contributed by atoms with E-state index in [4.69, 9.17) is 16.3 Å². The van der Waals surface area contributed by atoms with E-state index >= 15 is 0 Å². The number of hydrogen-bond donors (Lipinski definition) is 0. The van der Waals surface area contributed by atoms with Crippen LogP contribution in [0.15, 0.2) is 24.4 Å². The van der Waals surface area contributed by atoms with Crippen molar-refractivity contribution in [3.8, 4) is 17.1 Å². The highest BCUT2D eigenvalue weighted by molar-refractivity contribution is 7.92. The molecule has 0 aliphatic heterocycles. The minimum Gasteiger partial charge on any atom is -0.496 e. The quantitative estimate of drug-likeness (QED) is 0.848. The smallest absolute Gasteiger partial charge is 0.171 e. The number of rotatable bonds is 3. The lowest BCUT2D eigenvalue weighted by Gasteiger charge is -2.08. The molecule has 1 heterocycles. The fourth-order valence-electron chi connectivity index (χ4n) is 1.56. The zero-order chi connectivity index (χ0) is 12.4. The number of halogens is 2. The largest absolute Gasteiger partial charge is 0.496 e. The average Bonchev–Trinajstić information content (AvgIpc) is 2.70. The molecule has 3 nitrogen and oxygen atoms in total. The van der Waals surface area contributed by atoms with E-state index in [2.05, 4.69) is 4.98 Å². The molecule has 1 aromatic heterocycles. The first-order valence-corrected chi connectivity index (χ1v) is 5.90. The van der Waals surface area contributed by atoms with Crippen LogP contribution in [0.2, 0.25) is 5.02 Å². The van der Waals surface area contributed by atoms with Crippen LogP contribution in [0.1, 0.15) is 5.69 Å². The number of benzene rings is 1. The topological polar surface area (TPSA) is 27.1 Å². The number of aromatic nitrogens is 2. The first kappa shape index (κ1) is 12.3. The number of methoxy groups -OCH3 is 1. The molecule has 2 aromatic rings. The van der Waals surface area contributed by atoms with Crippen LogP contribution in [-0.2, 0) is 0 Å². The summed E-state index contributed by atoms with van der Waals surface area (Å²) >= 11 is 6.02. The van der Waals surface area contributed by atoms with E-state index in [1.54, 1.807) is 38.4 Å². The van der Waals surface area contributed by atoms with E-state index in [9.17, 15) is 3.89 Å². The summed E-state index contributed by atoms with van der Waals surface area (Å²) in [6, 6.07) is 5.15. The van der Waals surface area contributed by atoms with Gasteiger partial charge < -0.3 is 4.74 Å². The van der Waals surface area contributed by atoms with Crippen LogP contribution in [0.5, 0.6) is 5.75 Å². The number of ether oxygens (including phenoxy) is 1. The van der Waals surface area contributed by atoms with E-state index in [1.165, 1.54) is 3.97 Å². The molecule has 0 amide bonds. The Morgan fingerprint density at radius 2 is 2.24 bits per heavy atom. The van der Waals surface area contributed by atoms with Gasteiger partial charge in [-0.05, 0) is 25.1 Å². The molecule has 17 heavy (non-hydrogen) atoms. The molecule has 1 aromatic carbocycles. The van der Waals surface area contributed by atoms with Gasteiger partial charge in [-0.3, -0.25) is 0 Å². The van der Waals surface area contributed by atoms with Crippen molar-refractivity contribution in [1.82, 2.24) is 8.96 Å². The van der Waals surface area contributed by atoms with Crippen LogP contribution in [0.4, 0.5) is 3.89 Å². The molecule has 2 rings (SSSR count). The predicted molar refractivity (Wildman–Crippen MR) is 68.1 cm³/mol. The van der Waals surface area contributed by atoms with Gasteiger partial charge in [0.2, 0.25) is 0 Å². The Bertz CT molecular complexity index is 544. The minimum atomic E-state index is 0.0917. The molecule has 0 fully saturated rings. The number of aryl methyl sites for hydroxylation is 1. The maximum atomic E-state index is 12.8. The third kappa shape index (κ3) is 2.40. The summed E-state index contributed by atoms with van der Waals surface area (Å²) in [5.74, 6) is 1.09. The van der Waals surface area contributed by atoms with Crippen molar-refractivity contribution < 1.29 is 8.62 Å². The van der Waals surface area contributed by atoms with Gasteiger partial charge in [0.25, 0.3) is 0 Å². The Morgan fingerprint density at radius 3 is 2.88 bits per heavy atom. The third-order valence-corrected chi connectivity index (χ3v) is 2.93. The zero-order valence-corrected chi connectivity index (χ0v) is 10.8. The normalized spacial score (nSPS) is 10.6. The fourth-order valence-corrected chi connectivity index (χ4v) is 2.13. The summed E-state index contributed by atoms with van der Waals surface area (Å²) in [6.45, 7) is 1.80. The maximum Gasteiger partial charge on any atom is 0.171 e. The lowest BCUT2D eigenvalue weighted by molar-refractivity contribution is 0.416. The first-order chi connectivity index (χ1) is 8.15. The zero-order valence-electron chi connectivity index (χ0n) is 9.28. The number of hydrogen-bond acceptors (Lipinski definition) is 3. The SMILES string of the molecule is COc1ccc(Cl)cc1-c1nc(C)cn1SF. The summed E-state index contributed by atoms with van der Waals surface area (Å²) < 4.78 is 19.3. The summed E-state index contributed by atoms with van der Waals surface area (Å²) in [7, 11) is 1.55. The van der Waals surface area contributed by atoms with Gasteiger partial charge >= 0.3 is 0 Å². The number of nitrogens with zero attached hydrogens (tertiary/aromatic N) is 2. The van der Waals surface area contributed by atoms with E-state index in [0.717, 1.165) is 5.69 Å². The van der Waals surface area contributed by atoms with Gasteiger partial charge in [-0.1, -0.05) is 11.6 Å². The Kier molecular flexibility index (Phi) is 3.59. The van der Waals surface area contributed by atoms with Crippen molar-refractivity contribution in [2.24, 2.45) is 0 Å². The van der Waals surface area contributed by atoms with E-state index in [-0.39, 0.29) is 12.3 Å². The summed E-state index contributed by atoms with van der Waals surface area (Å²) in [5, 5.41) is 0.553. The van der Waals surface area contributed by atoms with Crippen LogP contribution in [0.25, 0.3) is 11.4 Å². The van der Waals surface area contributed by atoms with E-state index < -0.39 is 0 Å². The van der Waals surface area contributed by atoms with Gasteiger partial charge in [-0.15, -0.1) is 3.89 Å². The van der Waals surface area contributed by atoms with Gasteiger partial charge in [0.05, 0.1) is 18.4 Å². The highest BCUT2D eigenvalue weighted by atomic mass is 35.5. The van der Waals surface area contributed by atoms with Crippen LogP contribution in [-0.4, -0.2) is 16.1 Å². The van der Waals surface area contributed by atoms with E-state index in [1.807, 2.05) is 0 Å². The summed E-state index contributed by atoms with van der Waals surface area (Å²) in [4.78, 5) is 4.26. The standard InChI is InChI=1S/C11H10ClFN2OS/c1-7-6-15(17-13)11(14-7)9-5-8(12)3-4-10(9)16-2/h3-6H,1-2H3. The van der Waals surface area contributed by atoms with Gasteiger partial charge in [0.15, 0.2) is 18.2 Å². The van der Waals surface area contributed by atoms with Crippen LogP contribution >= 0.6 is 23.9 Å². The van der Waals surface area contributed by atoms with Gasteiger partial charge in [0, 0.05) is 11.2 Å². The Labute approximate surface area is 108 Å². The molecule has 0 N–H and O–H groups in total. The molecular formula is C11H10ClFN2OS. The first-order valence-electron chi connectivity index (χ1n) is 4.84. The third-order valence-electron chi connectivity index (χ3n) is 2.27. The van der Waals surface area contributed by atoms with Crippen molar-refractivity contribution in [3.05, 3.63) is 35.1 Å². The van der Waals surface area contributed by atoms with Crippen molar-refractivity contribution >= 4 is 23.9 Å².